The summed E-state index contributed by atoms with van der Waals surface area (Å²) in [5.74, 6) is 2.04. The van der Waals surface area contributed by atoms with Crippen LogP contribution in [0.25, 0.3) is 0 Å². The van der Waals surface area contributed by atoms with Gasteiger partial charge in [-0.15, -0.1) is 0 Å². The lowest BCUT2D eigenvalue weighted by Crippen LogP contribution is -2.44. The summed E-state index contributed by atoms with van der Waals surface area (Å²) in [5, 5.41) is 0. The number of hydrogen-bond acceptors (Lipinski definition) is 3. The summed E-state index contributed by atoms with van der Waals surface area (Å²) < 4.78 is 5.25. The molecule has 0 N–H and O–H groups in total. The molecule has 0 bridgehead atoms. The number of benzene rings is 1. The Kier molecular flexibility index (Phi) is 7.95. The van der Waals surface area contributed by atoms with Crippen molar-refractivity contribution in [3.63, 3.8) is 0 Å². The van der Waals surface area contributed by atoms with Crippen LogP contribution in [0.1, 0.15) is 46.1 Å². The number of amides is 1. The minimum Gasteiger partial charge on any atom is -0.497 e. The van der Waals surface area contributed by atoms with Crippen molar-refractivity contribution in [2.45, 2.75) is 53.0 Å². The molecule has 1 heterocycles. The van der Waals surface area contributed by atoms with Crippen LogP contribution >= 0.6 is 0 Å². The number of hydrogen-bond donors (Lipinski definition) is 0. The van der Waals surface area contributed by atoms with Crippen molar-refractivity contribution >= 4 is 5.91 Å². The van der Waals surface area contributed by atoms with E-state index in [-0.39, 0.29) is 5.92 Å². The predicted molar refractivity (Wildman–Crippen MR) is 108 cm³/mol. The van der Waals surface area contributed by atoms with Gasteiger partial charge in [0.15, 0.2) is 0 Å². The van der Waals surface area contributed by atoms with E-state index in [0.717, 1.165) is 51.2 Å². The zero-order valence-electron chi connectivity index (χ0n) is 17.2. The van der Waals surface area contributed by atoms with Crippen LogP contribution in [-0.4, -0.2) is 55.0 Å². The van der Waals surface area contributed by atoms with Crippen molar-refractivity contribution in [1.82, 2.24) is 9.80 Å². The number of nitrogens with zero attached hydrogens (tertiary/aromatic N) is 2. The van der Waals surface area contributed by atoms with Gasteiger partial charge in [0.25, 0.3) is 0 Å². The fourth-order valence-corrected chi connectivity index (χ4v) is 3.89. The van der Waals surface area contributed by atoms with E-state index in [2.05, 4.69) is 35.8 Å². The average Bonchev–Trinajstić information content (AvgIpc) is 2.66. The number of piperidine rings is 1. The van der Waals surface area contributed by atoms with Crippen molar-refractivity contribution in [3.8, 4) is 5.75 Å². The van der Waals surface area contributed by atoms with Crippen molar-refractivity contribution < 1.29 is 9.53 Å². The molecule has 1 aromatic rings. The van der Waals surface area contributed by atoms with E-state index >= 15 is 0 Å². The minimum atomic E-state index is 0.114. The number of carbonyl (C=O) groups is 1. The molecule has 0 radical (unpaired) electrons. The van der Waals surface area contributed by atoms with Crippen LogP contribution in [0.3, 0.4) is 0 Å². The minimum absolute atomic E-state index is 0.114. The lowest BCUT2D eigenvalue weighted by Gasteiger charge is -2.37. The number of methoxy groups -OCH3 is 1. The van der Waals surface area contributed by atoms with Crippen LogP contribution in [0.4, 0.5) is 0 Å². The second-order valence-corrected chi connectivity index (χ2v) is 7.91. The summed E-state index contributed by atoms with van der Waals surface area (Å²) in [6.07, 6.45) is 3.32. The molecule has 2 rings (SSSR count). The normalized spacial score (nSPS) is 17.0. The smallest absolute Gasteiger partial charge is 0.225 e. The Bertz CT molecular complexity index is 548. The van der Waals surface area contributed by atoms with Gasteiger partial charge in [-0.05, 0) is 56.3 Å². The van der Waals surface area contributed by atoms with Gasteiger partial charge in [-0.25, -0.2) is 0 Å². The van der Waals surface area contributed by atoms with Gasteiger partial charge < -0.3 is 14.5 Å². The van der Waals surface area contributed by atoms with Crippen molar-refractivity contribution in [3.05, 3.63) is 29.8 Å². The summed E-state index contributed by atoms with van der Waals surface area (Å²) in [5.41, 5.74) is 1.36. The first-order chi connectivity index (χ1) is 12.4. The highest BCUT2D eigenvalue weighted by Crippen LogP contribution is 2.22. The molecule has 1 amide bonds. The van der Waals surface area contributed by atoms with Crippen molar-refractivity contribution in [2.24, 2.45) is 11.8 Å². The Morgan fingerprint density at radius 2 is 1.81 bits per heavy atom. The highest BCUT2D eigenvalue weighted by atomic mass is 16.5. The Hall–Kier alpha value is -1.55. The van der Waals surface area contributed by atoms with Crippen LogP contribution in [-0.2, 0) is 11.2 Å². The highest BCUT2D eigenvalue weighted by molar-refractivity contribution is 5.78. The van der Waals surface area contributed by atoms with E-state index in [1.54, 1.807) is 7.11 Å². The van der Waals surface area contributed by atoms with E-state index < -0.39 is 0 Å². The van der Waals surface area contributed by atoms with Gasteiger partial charge in [0, 0.05) is 31.6 Å². The maximum Gasteiger partial charge on any atom is 0.225 e. The predicted octanol–water partition coefficient (Wildman–Crippen LogP) is 3.84. The second-order valence-electron chi connectivity index (χ2n) is 7.91. The second kappa shape index (κ2) is 9.96. The van der Waals surface area contributed by atoms with Gasteiger partial charge in [-0.1, -0.05) is 32.9 Å². The monoisotopic (exact) mass is 360 g/mol. The molecule has 1 aliphatic heterocycles. The van der Waals surface area contributed by atoms with Crippen LogP contribution in [0.15, 0.2) is 24.3 Å². The molecule has 146 valence electrons. The van der Waals surface area contributed by atoms with Crippen molar-refractivity contribution in [2.75, 3.05) is 33.3 Å². The third-order valence-electron chi connectivity index (χ3n) is 5.63. The number of rotatable bonds is 8. The van der Waals surface area contributed by atoms with Crippen LogP contribution < -0.4 is 4.74 Å². The number of likely N-dealkylation sites (tertiary alicyclic amines) is 1. The molecular weight excluding hydrogens is 324 g/mol. The van der Waals surface area contributed by atoms with Gasteiger partial charge >= 0.3 is 0 Å². The van der Waals surface area contributed by atoms with Crippen LogP contribution in [0, 0.1) is 11.8 Å². The van der Waals surface area contributed by atoms with Crippen LogP contribution in [0.2, 0.25) is 0 Å². The SMILES string of the molecule is CCN(CC1CCN(C(=O)C(C)C)CC1)C(C)Cc1ccc(OC)cc1. The third-order valence-corrected chi connectivity index (χ3v) is 5.63. The van der Waals surface area contributed by atoms with Gasteiger partial charge in [0.05, 0.1) is 7.11 Å². The fraction of sp³-hybridized carbons (Fsp3) is 0.682. The standard InChI is InChI=1S/C22H36N2O2/c1-6-23(18(4)15-19-7-9-21(26-5)10-8-19)16-20-11-13-24(14-12-20)22(25)17(2)3/h7-10,17-18,20H,6,11-16H2,1-5H3. The number of ether oxygens (including phenoxy) is 1. The zero-order chi connectivity index (χ0) is 19.1. The average molecular weight is 361 g/mol. The summed E-state index contributed by atoms with van der Waals surface area (Å²) >= 11 is 0. The lowest BCUT2D eigenvalue weighted by molar-refractivity contribution is -0.135. The molecule has 1 saturated heterocycles. The Labute approximate surface area is 159 Å². The molecular formula is C22H36N2O2. The van der Waals surface area contributed by atoms with Gasteiger partial charge in [0.1, 0.15) is 5.75 Å². The number of likely N-dealkylation sites (N-methyl/N-ethyl adjacent to an activating group) is 1. The zero-order valence-corrected chi connectivity index (χ0v) is 17.2. The highest BCUT2D eigenvalue weighted by Gasteiger charge is 2.26. The summed E-state index contributed by atoms with van der Waals surface area (Å²) in [7, 11) is 1.70. The lowest BCUT2D eigenvalue weighted by atomic mass is 9.94. The summed E-state index contributed by atoms with van der Waals surface area (Å²) in [6.45, 7) is 12.6. The summed E-state index contributed by atoms with van der Waals surface area (Å²) in [4.78, 5) is 16.8. The topological polar surface area (TPSA) is 32.8 Å². The maximum absolute atomic E-state index is 12.1. The van der Waals surface area contributed by atoms with Crippen molar-refractivity contribution in [1.29, 1.82) is 0 Å². The molecule has 1 atom stereocenters. The third kappa shape index (κ3) is 5.73. The fourth-order valence-electron chi connectivity index (χ4n) is 3.89. The molecule has 26 heavy (non-hydrogen) atoms. The van der Waals surface area contributed by atoms with E-state index in [9.17, 15) is 4.79 Å². The van der Waals surface area contributed by atoms with E-state index in [0.29, 0.717) is 17.9 Å². The first kappa shape index (κ1) is 20.8. The molecule has 1 fully saturated rings. The Morgan fingerprint density at radius 1 is 1.19 bits per heavy atom. The molecule has 1 aliphatic rings. The van der Waals surface area contributed by atoms with Gasteiger partial charge in [0.2, 0.25) is 5.91 Å². The van der Waals surface area contributed by atoms with Gasteiger partial charge in [-0.2, -0.15) is 0 Å². The maximum atomic E-state index is 12.1. The molecule has 1 unspecified atom stereocenters. The molecule has 1 aromatic carbocycles. The largest absolute Gasteiger partial charge is 0.497 e. The molecule has 0 saturated carbocycles. The molecule has 4 heteroatoms. The van der Waals surface area contributed by atoms with Gasteiger partial charge in [-0.3, -0.25) is 4.79 Å². The van der Waals surface area contributed by atoms with E-state index in [1.165, 1.54) is 5.56 Å². The van der Waals surface area contributed by atoms with Crippen LogP contribution in [0.5, 0.6) is 5.75 Å². The Balaban J connectivity index is 1.83. The first-order valence-electron chi connectivity index (χ1n) is 10.1. The molecule has 0 aromatic heterocycles. The molecule has 0 aliphatic carbocycles. The molecule has 0 spiro atoms. The quantitative estimate of drug-likeness (QED) is 0.706. The first-order valence-corrected chi connectivity index (χ1v) is 10.1. The molecule has 4 nitrogen and oxygen atoms in total. The van der Waals surface area contributed by atoms with E-state index in [4.69, 9.17) is 4.74 Å². The Morgan fingerprint density at radius 3 is 2.31 bits per heavy atom. The van der Waals surface area contributed by atoms with E-state index in [1.807, 2.05) is 26.0 Å². The number of carbonyl (C=O) groups excluding carboxylic acids is 1. The summed E-state index contributed by atoms with van der Waals surface area (Å²) in [6, 6.07) is 8.93.